The summed E-state index contributed by atoms with van der Waals surface area (Å²) in [5, 5.41) is 1.16. The summed E-state index contributed by atoms with van der Waals surface area (Å²) in [5.74, 6) is 1.46. The van der Waals surface area contributed by atoms with E-state index in [4.69, 9.17) is 4.74 Å². The van der Waals surface area contributed by atoms with Crippen LogP contribution in [0.2, 0.25) is 0 Å². The summed E-state index contributed by atoms with van der Waals surface area (Å²) in [5.41, 5.74) is 3.61. The van der Waals surface area contributed by atoms with Crippen LogP contribution < -0.4 is 4.74 Å². The second-order valence-electron chi connectivity index (χ2n) is 5.96. The Morgan fingerprint density at radius 3 is 2.38 bits per heavy atom. The van der Waals surface area contributed by atoms with E-state index in [0.717, 1.165) is 11.1 Å². The lowest BCUT2D eigenvalue weighted by atomic mass is 10.1. The van der Waals surface area contributed by atoms with Crippen molar-refractivity contribution in [1.29, 1.82) is 0 Å². The molecule has 0 saturated carbocycles. The molecule has 0 N–H and O–H groups in total. The van der Waals surface area contributed by atoms with Crippen molar-refractivity contribution in [3.05, 3.63) is 78.0 Å². The molecule has 118 valence electrons. The standard InChI is InChI=1S/C21H17NOS/c1-14-8-15(2)10-18(9-14)23-21-12-17-11-19(24-20(17)13-22-21)16-6-4-3-5-7-16/h3-13H,1-2H3. The fraction of sp³-hybridized carbons (Fsp3) is 0.0952. The van der Waals surface area contributed by atoms with E-state index in [1.54, 1.807) is 11.3 Å². The van der Waals surface area contributed by atoms with E-state index in [1.807, 2.05) is 30.5 Å². The topological polar surface area (TPSA) is 22.1 Å². The Morgan fingerprint density at radius 1 is 0.875 bits per heavy atom. The Kier molecular flexibility index (Phi) is 3.79. The SMILES string of the molecule is Cc1cc(C)cc(Oc2cc3cc(-c4ccccc4)sc3cn2)c1. The third-order valence-electron chi connectivity index (χ3n) is 3.85. The quantitative estimate of drug-likeness (QED) is 0.435. The number of aromatic nitrogens is 1. The number of benzene rings is 2. The maximum atomic E-state index is 5.96. The van der Waals surface area contributed by atoms with Crippen LogP contribution in [0.15, 0.2) is 66.9 Å². The molecule has 0 atom stereocenters. The summed E-state index contributed by atoms with van der Waals surface area (Å²) in [6.07, 6.45) is 1.89. The third kappa shape index (κ3) is 3.03. The highest BCUT2D eigenvalue weighted by Crippen LogP contribution is 2.35. The first kappa shape index (κ1) is 14.9. The summed E-state index contributed by atoms with van der Waals surface area (Å²) in [6.45, 7) is 4.14. The van der Waals surface area contributed by atoms with Gasteiger partial charge >= 0.3 is 0 Å². The zero-order valence-corrected chi connectivity index (χ0v) is 14.4. The van der Waals surface area contributed by atoms with E-state index in [0.29, 0.717) is 5.88 Å². The van der Waals surface area contributed by atoms with Crippen molar-refractivity contribution >= 4 is 21.4 Å². The molecular formula is C21H17NOS. The van der Waals surface area contributed by atoms with Crippen LogP contribution >= 0.6 is 11.3 Å². The van der Waals surface area contributed by atoms with Gasteiger partial charge in [-0.15, -0.1) is 11.3 Å². The van der Waals surface area contributed by atoms with Crippen LogP contribution in [0.5, 0.6) is 11.6 Å². The minimum Gasteiger partial charge on any atom is -0.439 e. The highest BCUT2D eigenvalue weighted by atomic mass is 32.1. The van der Waals surface area contributed by atoms with Gasteiger partial charge in [-0.05, 0) is 48.7 Å². The zero-order chi connectivity index (χ0) is 16.5. The van der Waals surface area contributed by atoms with Gasteiger partial charge < -0.3 is 4.74 Å². The molecule has 0 aliphatic carbocycles. The number of fused-ring (bicyclic) bond motifs is 1. The van der Waals surface area contributed by atoms with Gasteiger partial charge in [0.15, 0.2) is 0 Å². The van der Waals surface area contributed by atoms with E-state index in [-0.39, 0.29) is 0 Å². The molecule has 24 heavy (non-hydrogen) atoms. The maximum absolute atomic E-state index is 5.96. The second kappa shape index (κ2) is 6.10. The molecule has 0 radical (unpaired) electrons. The average molecular weight is 331 g/mol. The van der Waals surface area contributed by atoms with Crippen molar-refractivity contribution < 1.29 is 4.74 Å². The number of rotatable bonds is 3. The van der Waals surface area contributed by atoms with Crippen molar-refractivity contribution in [2.45, 2.75) is 13.8 Å². The summed E-state index contributed by atoms with van der Waals surface area (Å²) < 4.78 is 7.12. The van der Waals surface area contributed by atoms with Gasteiger partial charge in [-0.1, -0.05) is 36.4 Å². The fourth-order valence-electron chi connectivity index (χ4n) is 2.84. The number of aryl methyl sites for hydroxylation is 2. The van der Waals surface area contributed by atoms with Gasteiger partial charge in [0.2, 0.25) is 5.88 Å². The van der Waals surface area contributed by atoms with E-state index >= 15 is 0 Å². The van der Waals surface area contributed by atoms with Crippen LogP contribution in [0.25, 0.3) is 20.5 Å². The van der Waals surface area contributed by atoms with Crippen LogP contribution in [0.4, 0.5) is 0 Å². The normalized spacial score (nSPS) is 10.9. The first-order valence-corrected chi connectivity index (χ1v) is 8.70. The van der Waals surface area contributed by atoms with Crippen LogP contribution in [0, 0.1) is 13.8 Å². The van der Waals surface area contributed by atoms with Crippen LogP contribution in [-0.2, 0) is 0 Å². The van der Waals surface area contributed by atoms with E-state index in [1.165, 1.54) is 26.3 Å². The molecule has 2 aromatic carbocycles. The number of pyridine rings is 1. The van der Waals surface area contributed by atoms with Crippen molar-refractivity contribution in [3.8, 4) is 22.1 Å². The van der Waals surface area contributed by atoms with Crippen molar-refractivity contribution in [2.24, 2.45) is 0 Å². The number of hydrogen-bond donors (Lipinski definition) is 0. The molecule has 0 amide bonds. The molecule has 2 aromatic heterocycles. The highest BCUT2D eigenvalue weighted by Gasteiger charge is 2.07. The first-order chi connectivity index (χ1) is 11.7. The van der Waals surface area contributed by atoms with Crippen LogP contribution in [0.1, 0.15) is 11.1 Å². The first-order valence-electron chi connectivity index (χ1n) is 7.88. The monoisotopic (exact) mass is 331 g/mol. The van der Waals surface area contributed by atoms with E-state index < -0.39 is 0 Å². The highest BCUT2D eigenvalue weighted by molar-refractivity contribution is 7.22. The molecule has 0 aliphatic heterocycles. The molecule has 4 rings (SSSR count). The van der Waals surface area contributed by atoms with Crippen molar-refractivity contribution in [2.75, 3.05) is 0 Å². The molecule has 0 spiro atoms. The molecule has 0 saturated heterocycles. The van der Waals surface area contributed by atoms with Gasteiger partial charge in [-0.3, -0.25) is 0 Å². The number of thiophene rings is 1. The summed E-state index contributed by atoms with van der Waals surface area (Å²) in [4.78, 5) is 5.70. The van der Waals surface area contributed by atoms with Gasteiger partial charge in [-0.25, -0.2) is 4.98 Å². The zero-order valence-electron chi connectivity index (χ0n) is 13.6. The minimum absolute atomic E-state index is 0.630. The number of hydrogen-bond acceptors (Lipinski definition) is 3. The number of ether oxygens (including phenoxy) is 1. The summed E-state index contributed by atoms with van der Waals surface area (Å²) >= 11 is 1.75. The Labute approximate surface area is 145 Å². The van der Waals surface area contributed by atoms with Crippen molar-refractivity contribution in [1.82, 2.24) is 4.98 Å². The predicted molar refractivity (Wildman–Crippen MR) is 101 cm³/mol. The lowest BCUT2D eigenvalue weighted by molar-refractivity contribution is 0.463. The van der Waals surface area contributed by atoms with Gasteiger partial charge in [0.05, 0.1) is 4.70 Å². The van der Waals surface area contributed by atoms with Gasteiger partial charge in [-0.2, -0.15) is 0 Å². The van der Waals surface area contributed by atoms with E-state index in [2.05, 4.69) is 55.2 Å². The van der Waals surface area contributed by atoms with Crippen LogP contribution in [-0.4, -0.2) is 4.98 Å². The third-order valence-corrected chi connectivity index (χ3v) is 4.99. The largest absolute Gasteiger partial charge is 0.439 e. The van der Waals surface area contributed by atoms with Crippen LogP contribution in [0.3, 0.4) is 0 Å². The Morgan fingerprint density at radius 2 is 1.62 bits per heavy atom. The van der Waals surface area contributed by atoms with Gasteiger partial charge in [0, 0.05) is 22.5 Å². The second-order valence-corrected chi connectivity index (χ2v) is 7.05. The summed E-state index contributed by atoms with van der Waals surface area (Å²) in [6, 6.07) is 20.8. The molecule has 2 heterocycles. The Balaban J connectivity index is 1.68. The molecule has 0 unspecified atom stereocenters. The molecular weight excluding hydrogens is 314 g/mol. The molecule has 0 bridgehead atoms. The van der Waals surface area contributed by atoms with Gasteiger partial charge in [0.1, 0.15) is 5.75 Å². The Hall–Kier alpha value is -2.65. The number of nitrogens with zero attached hydrogens (tertiary/aromatic N) is 1. The van der Waals surface area contributed by atoms with Crippen molar-refractivity contribution in [3.63, 3.8) is 0 Å². The summed E-state index contributed by atoms with van der Waals surface area (Å²) in [7, 11) is 0. The smallest absolute Gasteiger partial charge is 0.219 e. The lowest BCUT2D eigenvalue weighted by Crippen LogP contribution is -1.88. The Bertz CT molecular complexity index is 985. The lowest BCUT2D eigenvalue weighted by Gasteiger charge is -2.06. The van der Waals surface area contributed by atoms with E-state index in [9.17, 15) is 0 Å². The molecule has 3 heteroatoms. The predicted octanol–water partition coefficient (Wildman–Crippen LogP) is 6.37. The van der Waals surface area contributed by atoms with Gasteiger partial charge in [0.25, 0.3) is 0 Å². The average Bonchev–Trinajstić information content (AvgIpc) is 2.98. The minimum atomic E-state index is 0.630. The maximum Gasteiger partial charge on any atom is 0.219 e. The molecule has 0 aliphatic rings. The fourth-order valence-corrected chi connectivity index (χ4v) is 3.86. The molecule has 2 nitrogen and oxygen atoms in total. The molecule has 4 aromatic rings. The molecule has 0 fully saturated rings.